The lowest BCUT2D eigenvalue weighted by Crippen LogP contribution is -2.25. The normalized spacial score (nSPS) is 14.4. The van der Waals surface area contributed by atoms with Crippen LogP contribution in [-0.2, 0) is 9.78 Å². The molecule has 4 nitrogen and oxygen atoms in total. The van der Waals surface area contributed by atoms with Crippen LogP contribution < -0.4 is 0 Å². The second-order valence-electron chi connectivity index (χ2n) is 4.26. The van der Waals surface area contributed by atoms with E-state index in [1.54, 1.807) is 13.8 Å². The molecule has 1 atom stereocenters. The highest BCUT2D eigenvalue weighted by molar-refractivity contribution is 4.69. The smallest absolute Gasteiger partial charge is 0.0978 e. The monoisotopic (exact) mass is 206 g/mol. The summed E-state index contributed by atoms with van der Waals surface area (Å²) in [6.45, 7) is 5.68. The summed E-state index contributed by atoms with van der Waals surface area (Å²) in [5.74, 6) is 0. The van der Waals surface area contributed by atoms with Crippen LogP contribution in [0.2, 0.25) is 0 Å². The largest absolute Gasteiger partial charge is 0.252 e. The third-order valence-corrected chi connectivity index (χ3v) is 2.34. The van der Waals surface area contributed by atoms with Gasteiger partial charge in [0, 0.05) is 0 Å². The zero-order valence-electron chi connectivity index (χ0n) is 9.32. The second kappa shape index (κ2) is 7.17. The predicted octanol–water partition coefficient (Wildman–Crippen LogP) is 3.08. The average molecular weight is 206 g/mol. The fourth-order valence-electron chi connectivity index (χ4n) is 1.24. The molecule has 0 aromatic rings. The molecule has 4 heteroatoms. The van der Waals surface area contributed by atoms with Crippen LogP contribution in [-0.4, -0.2) is 22.2 Å². The first kappa shape index (κ1) is 13.8. The Morgan fingerprint density at radius 3 is 2.29 bits per heavy atom. The molecule has 1 unspecified atom stereocenters. The van der Waals surface area contributed by atoms with E-state index < -0.39 is 5.60 Å². The van der Waals surface area contributed by atoms with Gasteiger partial charge in [-0.15, -0.1) is 0 Å². The van der Waals surface area contributed by atoms with Crippen molar-refractivity contribution in [2.24, 2.45) is 0 Å². The molecule has 14 heavy (non-hydrogen) atoms. The molecule has 0 saturated heterocycles. The first-order valence-electron chi connectivity index (χ1n) is 5.18. The summed E-state index contributed by atoms with van der Waals surface area (Å²) < 4.78 is 0. The predicted molar refractivity (Wildman–Crippen MR) is 54.1 cm³/mol. The summed E-state index contributed by atoms with van der Waals surface area (Å²) in [6, 6.07) is 0. The molecule has 0 heterocycles. The summed E-state index contributed by atoms with van der Waals surface area (Å²) in [5, 5.41) is 17.2. The van der Waals surface area contributed by atoms with Gasteiger partial charge >= 0.3 is 0 Å². The van der Waals surface area contributed by atoms with Crippen LogP contribution >= 0.6 is 0 Å². The van der Waals surface area contributed by atoms with E-state index >= 15 is 0 Å². The standard InChI is InChI=1S/C10H22O4/c1-4-5-6-9(13-11)7-8-10(2,3)14-12/h9,11-12H,4-8H2,1-3H3. The van der Waals surface area contributed by atoms with Crippen molar-refractivity contribution in [1.29, 1.82) is 0 Å². The van der Waals surface area contributed by atoms with Crippen LogP contribution in [0.15, 0.2) is 0 Å². The molecule has 0 saturated carbocycles. The molecule has 86 valence electrons. The Morgan fingerprint density at radius 1 is 1.21 bits per heavy atom. The molecule has 0 radical (unpaired) electrons. The van der Waals surface area contributed by atoms with Crippen LogP contribution in [0.25, 0.3) is 0 Å². The summed E-state index contributed by atoms with van der Waals surface area (Å²) in [4.78, 5) is 8.65. The molecule has 0 aliphatic rings. The minimum absolute atomic E-state index is 0.149. The maximum Gasteiger partial charge on any atom is 0.0978 e. The SMILES string of the molecule is CCCCC(CCC(C)(C)OO)OO. The summed E-state index contributed by atoms with van der Waals surface area (Å²) >= 11 is 0. The summed E-state index contributed by atoms with van der Waals surface area (Å²) in [7, 11) is 0. The van der Waals surface area contributed by atoms with Gasteiger partial charge in [-0.3, -0.25) is 10.5 Å². The van der Waals surface area contributed by atoms with Crippen LogP contribution in [0.1, 0.15) is 52.9 Å². The van der Waals surface area contributed by atoms with Gasteiger partial charge in [0.05, 0.1) is 11.7 Å². The van der Waals surface area contributed by atoms with E-state index in [1.807, 2.05) is 0 Å². The van der Waals surface area contributed by atoms with Gasteiger partial charge in [-0.1, -0.05) is 19.8 Å². The maximum absolute atomic E-state index is 8.62. The van der Waals surface area contributed by atoms with Gasteiger partial charge in [-0.05, 0) is 33.1 Å². The summed E-state index contributed by atoms with van der Waals surface area (Å²) in [5.41, 5.74) is -0.566. The third-order valence-electron chi connectivity index (χ3n) is 2.34. The van der Waals surface area contributed by atoms with Crippen molar-refractivity contribution in [3.05, 3.63) is 0 Å². The van der Waals surface area contributed by atoms with Crippen LogP contribution in [0.5, 0.6) is 0 Å². The fraction of sp³-hybridized carbons (Fsp3) is 1.00. The van der Waals surface area contributed by atoms with Crippen molar-refractivity contribution in [1.82, 2.24) is 0 Å². The molecule has 0 spiro atoms. The van der Waals surface area contributed by atoms with E-state index in [0.29, 0.717) is 12.8 Å². The lowest BCUT2D eigenvalue weighted by molar-refractivity contribution is -0.320. The molecule has 0 bridgehead atoms. The Bertz CT molecular complexity index is 136. The zero-order valence-corrected chi connectivity index (χ0v) is 9.32. The Hall–Kier alpha value is -0.160. The molecule has 0 aliphatic heterocycles. The van der Waals surface area contributed by atoms with E-state index in [4.69, 9.17) is 10.5 Å². The summed E-state index contributed by atoms with van der Waals surface area (Å²) in [6.07, 6.45) is 4.15. The molecular formula is C10H22O4. The van der Waals surface area contributed by atoms with E-state index in [0.717, 1.165) is 19.3 Å². The van der Waals surface area contributed by atoms with Gasteiger partial charge in [-0.2, -0.15) is 0 Å². The molecular weight excluding hydrogens is 184 g/mol. The minimum atomic E-state index is -0.566. The number of hydrogen-bond acceptors (Lipinski definition) is 4. The Morgan fingerprint density at radius 2 is 1.86 bits per heavy atom. The van der Waals surface area contributed by atoms with E-state index in [9.17, 15) is 0 Å². The van der Waals surface area contributed by atoms with Gasteiger partial charge in [-0.25, -0.2) is 9.78 Å². The highest BCUT2D eigenvalue weighted by Crippen LogP contribution is 2.19. The molecule has 0 rings (SSSR count). The van der Waals surface area contributed by atoms with E-state index in [-0.39, 0.29) is 6.10 Å². The molecule has 0 fully saturated rings. The Kier molecular flexibility index (Phi) is 7.09. The van der Waals surface area contributed by atoms with Gasteiger partial charge in [0.2, 0.25) is 0 Å². The average Bonchev–Trinajstić information content (AvgIpc) is 2.18. The van der Waals surface area contributed by atoms with Gasteiger partial charge < -0.3 is 0 Å². The van der Waals surface area contributed by atoms with Gasteiger partial charge in [0.15, 0.2) is 0 Å². The van der Waals surface area contributed by atoms with E-state index in [2.05, 4.69) is 16.7 Å². The number of rotatable bonds is 8. The fourth-order valence-corrected chi connectivity index (χ4v) is 1.24. The maximum atomic E-state index is 8.62. The highest BCUT2D eigenvalue weighted by atomic mass is 17.1. The number of hydrogen-bond donors (Lipinski definition) is 2. The first-order valence-corrected chi connectivity index (χ1v) is 5.18. The van der Waals surface area contributed by atoms with Gasteiger partial charge in [0.1, 0.15) is 0 Å². The number of unbranched alkanes of at least 4 members (excludes halogenated alkanes) is 1. The third kappa shape index (κ3) is 6.32. The molecule has 2 N–H and O–H groups in total. The zero-order chi connectivity index (χ0) is 11.0. The molecule has 0 aliphatic carbocycles. The molecule has 0 aromatic heterocycles. The van der Waals surface area contributed by atoms with Gasteiger partial charge in [0.25, 0.3) is 0 Å². The lowest BCUT2D eigenvalue weighted by atomic mass is 9.98. The van der Waals surface area contributed by atoms with Crippen LogP contribution in [0, 0.1) is 0 Å². The van der Waals surface area contributed by atoms with Crippen LogP contribution in [0.4, 0.5) is 0 Å². The van der Waals surface area contributed by atoms with Crippen molar-refractivity contribution in [3.63, 3.8) is 0 Å². The first-order chi connectivity index (χ1) is 6.55. The highest BCUT2D eigenvalue weighted by Gasteiger charge is 2.21. The quantitative estimate of drug-likeness (QED) is 0.473. The van der Waals surface area contributed by atoms with Crippen LogP contribution in [0.3, 0.4) is 0 Å². The molecule has 0 amide bonds. The molecule has 0 aromatic carbocycles. The Balaban J connectivity index is 3.71. The second-order valence-corrected chi connectivity index (χ2v) is 4.26. The lowest BCUT2D eigenvalue weighted by Gasteiger charge is -2.22. The van der Waals surface area contributed by atoms with Crippen molar-refractivity contribution in [2.75, 3.05) is 0 Å². The van der Waals surface area contributed by atoms with E-state index in [1.165, 1.54) is 0 Å². The Labute approximate surface area is 85.7 Å². The van der Waals surface area contributed by atoms with Crippen molar-refractivity contribution in [3.8, 4) is 0 Å². The van der Waals surface area contributed by atoms with Crippen molar-refractivity contribution >= 4 is 0 Å². The topological polar surface area (TPSA) is 58.9 Å². The van der Waals surface area contributed by atoms with Crippen molar-refractivity contribution < 1.29 is 20.3 Å². The minimum Gasteiger partial charge on any atom is -0.252 e. The van der Waals surface area contributed by atoms with Crippen molar-refractivity contribution in [2.45, 2.75) is 64.6 Å².